The summed E-state index contributed by atoms with van der Waals surface area (Å²) < 4.78 is 25.3. The summed E-state index contributed by atoms with van der Waals surface area (Å²) in [6.45, 7) is 2.76. The molecule has 0 saturated heterocycles. The minimum absolute atomic E-state index is 0.329. The fraction of sp³-hybridized carbons (Fsp3) is 0.417. The lowest BCUT2D eigenvalue weighted by Crippen LogP contribution is -2.40. The molecule has 0 fully saturated rings. The molecule has 1 N–H and O–H groups in total. The molecule has 1 rings (SSSR count). The maximum atomic E-state index is 12.1. The number of carbonyl (C=O) groups is 1. The molecule has 20 heavy (non-hydrogen) atoms. The van der Waals surface area contributed by atoms with Crippen LogP contribution in [0.4, 0.5) is 0 Å². The summed E-state index contributed by atoms with van der Waals surface area (Å²) in [6, 6.07) is 4.12. The molecular weight excluding hydrogens is 325 g/mol. The second-order valence-corrected chi connectivity index (χ2v) is 7.54. The van der Waals surface area contributed by atoms with Crippen molar-refractivity contribution in [1.82, 2.24) is 4.31 Å². The van der Waals surface area contributed by atoms with E-state index in [1.54, 1.807) is 19.1 Å². The predicted octanol–water partition coefficient (Wildman–Crippen LogP) is 2.79. The van der Waals surface area contributed by atoms with Crippen molar-refractivity contribution in [2.45, 2.75) is 25.1 Å². The molecule has 2 unspecified atom stereocenters. The monoisotopic (exact) mass is 339 g/mol. The van der Waals surface area contributed by atoms with E-state index in [-0.39, 0.29) is 0 Å². The molecule has 0 amide bonds. The molecule has 0 aliphatic carbocycles. The Kier molecular flexibility index (Phi) is 5.43. The van der Waals surface area contributed by atoms with Crippen LogP contribution in [0.5, 0.6) is 0 Å². The van der Waals surface area contributed by atoms with E-state index < -0.39 is 27.3 Å². The van der Waals surface area contributed by atoms with E-state index in [4.69, 9.17) is 28.3 Å². The van der Waals surface area contributed by atoms with Crippen LogP contribution in [0.25, 0.3) is 0 Å². The minimum atomic E-state index is -3.97. The van der Waals surface area contributed by atoms with Gasteiger partial charge < -0.3 is 5.11 Å². The van der Waals surface area contributed by atoms with Crippen molar-refractivity contribution in [3.63, 3.8) is 0 Å². The highest BCUT2D eigenvalue weighted by Crippen LogP contribution is 2.31. The van der Waals surface area contributed by atoms with Gasteiger partial charge in [0, 0.05) is 23.1 Å². The Hall–Kier alpha value is -0.820. The van der Waals surface area contributed by atoms with Crippen molar-refractivity contribution in [3.8, 4) is 0 Å². The molecule has 1 aromatic carbocycles. The van der Waals surface area contributed by atoms with Crippen molar-refractivity contribution in [3.05, 3.63) is 33.8 Å². The van der Waals surface area contributed by atoms with Crippen LogP contribution in [0.2, 0.25) is 10.0 Å². The highest BCUT2D eigenvalue weighted by molar-refractivity contribution is 7.90. The molecule has 0 saturated carbocycles. The molecule has 5 nitrogen and oxygen atoms in total. The molecular formula is C12H15Cl2NO4S. The number of hydrogen-bond donors (Lipinski definition) is 1. The van der Waals surface area contributed by atoms with Gasteiger partial charge in [0.05, 0.1) is 0 Å². The van der Waals surface area contributed by atoms with Gasteiger partial charge in [-0.05, 0) is 31.5 Å². The van der Waals surface area contributed by atoms with Crippen molar-refractivity contribution >= 4 is 39.2 Å². The first kappa shape index (κ1) is 17.2. The summed E-state index contributed by atoms with van der Waals surface area (Å²) in [5, 5.41) is 8.10. The van der Waals surface area contributed by atoms with Crippen LogP contribution in [-0.2, 0) is 14.8 Å². The first-order valence-corrected chi connectivity index (χ1v) is 7.99. The van der Waals surface area contributed by atoms with E-state index in [1.165, 1.54) is 13.1 Å². The smallest absolute Gasteiger partial charge is 0.323 e. The molecule has 0 spiro atoms. The second kappa shape index (κ2) is 6.30. The number of nitrogens with zero attached hydrogens (tertiary/aromatic N) is 1. The molecule has 2 atom stereocenters. The Bertz CT molecular complexity index is 618. The van der Waals surface area contributed by atoms with Crippen LogP contribution in [-0.4, -0.2) is 36.1 Å². The van der Waals surface area contributed by atoms with Crippen LogP contribution in [0.1, 0.15) is 25.5 Å². The summed E-state index contributed by atoms with van der Waals surface area (Å²) in [4.78, 5) is 10.9. The van der Waals surface area contributed by atoms with E-state index in [1.807, 2.05) is 0 Å². The number of aliphatic carboxylic acids is 1. The summed E-state index contributed by atoms with van der Waals surface area (Å²) in [6.07, 6.45) is 0. The van der Waals surface area contributed by atoms with Gasteiger partial charge in [0.2, 0.25) is 10.0 Å². The molecule has 0 heterocycles. The van der Waals surface area contributed by atoms with Gasteiger partial charge in [0.1, 0.15) is 0 Å². The first-order valence-electron chi connectivity index (χ1n) is 5.73. The lowest BCUT2D eigenvalue weighted by atomic mass is 10.1. The Morgan fingerprint density at radius 3 is 2.30 bits per heavy atom. The SMILES string of the molecule is CC(c1ccc(Cl)cc1Cl)N(C)S(=O)(=O)C(C)C(=O)O. The Morgan fingerprint density at radius 2 is 1.85 bits per heavy atom. The quantitative estimate of drug-likeness (QED) is 0.894. The lowest BCUT2D eigenvalue weighted by Gasteiger charge is -2.27. The second-order valence-electron chi connectivity index (χ2n) is 4.38. The molecule has 112 valence electrons. The number of sulfonamides is 1. The predicted molar refractivity (Wildman–Crippen MR) is 78.7 cm³/mol. The number of carboxylic acids is 1. The van der Waals surface area contributed by atoms with Gasteiger partial charge in [-0.3, -0.25) is 4.79 Å². The Balaban J connectivity index is 3.14. The van der Waals surface area contributed by atoms with Crippen molar-refractivity contribution in [1.29, 1.82) is 0 Å². The summed E-state index contributed by atoms with van der Waals surface area (Å²) in [5.41, 5.74) is 0.555. The zero-order chi connectivity index (χ0) is 15.7. The molecule has 0 bridgehead atoms. The fourth-order valence-electron chi connectivity index (χ4n) is 1.63. The summed E-state index contributed by atoms with van der Waals surface area (Å²) in [5.74, 6) is -1.40. The molecule has 8 heteroatoms. The minimum Gasteiger partial charge on any atom is -0.480 e. The van der Waals surface area contributed by atoms with E-state index in [9.17, 15) is 13.2 Å². The molecule has 0 aliphatic heterocycles. The van der Waals surface area contributed by atoms with Gasteiger partial charge in [-0.2, -0.15) is 4.31 Å². The maximum Gasteiger partial charge on any atom is 0.323 e. The highest BCUT2D eigenvalue weighted by atomic mass is 35.5. The van der Waals surface area contributed by atoms with E-state index in [2.05, 4.69) is 0 Å². The number of carboxylic acid groups (broad SMARTS) is 1. The van der Waals surface area contributed by atoms with Crippen LogP contribution >= 0.6 is 23.2 Å². The van der Waals surface area contributed by atoms with Crippen molar-refractivity contribution in [2.24, 2.45) is 0 Å². The van der Waals surface area contributed by atoms with E-state index >= 15 is 0 Å². The van der Waals surface area contributed by atoms with Gasteiger partial charge in [0.25, 0.3) is 0 Å². The Labute approximate surface area is 128 Å². The standard InChI is InChI=1S/C12H15Cl2NO4S/c1-7(10-5-4-9(13)6-11(10)14)15(3)20(18,19)8(2)12(16)17/h4-8H,1-3H3,(H,16,17). The van der Waals surface area contributed by atoms with Gasteiger partial charge in [-0.1, -0.05) is 29.3 Å². The fourth-order valence-corrected chi connectivity index (χ4v) is 3.51. The van der Waals surface area contributed by atoms with Crippen molar-refractivity contribution < 1.29 is 18.3 Å². The van der Waals surface area contributed by atoms with Gasteiger partial charge in [-0.15, -0.1) is 0 Å². The zero-order valence-corrected chi connectivity index (χ0v) is 13.5. The Morgan fingerprint density at radius 1 is 1.30 bits per heavy atom. The molecule has 1 aromatic rings. The molecule has 0 radical (unpaired) electrons. The van der Waals surface area contributed by atoms with Crippen LogP contribution in [0.15, 0.2) is 18.2 Å². The van der Waals surface area contributed by atoms with E-state index in [0.717, 1.165) is 11.2 Å². The van der Waals surface area contributed by atoms with Gasteiger partial charge in [0.15, 0.2) is 5.25 Å². The van der Waals surface area contributed by atoms with Crippen molar-refractivity contribution in [2.75, 3.05) is 7.05 Å². The summed E-state index contributed by atoms with van der Waals surface area (Å²) >= 11 is 11.8. The number of hydrogen-bond acceptors (Lipinski definition) is 3. The largest absolute Gasteiger partial charge is 0.480 e. The third-order valence-corrected chi connectivity index (χ3v) is 5.93. The van der Waals surface area contributed by atoms with Crippen LogP contribution in [0, 0.1) is 0 Å². The van der Waals surface area contributed by atoms with Crippen LogP contribution < -0.4 is 0 Å². The van der Waals surface area contributed by atoms with E-state index in [0.29, 0.717) is 15.6 Å². The number of benzene rings is 1. The zero-order valence-electron chi connectivity index (χ0n) is 11.2. The average molecular weight is 340 g/mol. The lowest BCUT2D eigenvalue weighted by molar-refractivity contribution is -0.136. The van der Waals surface area contributed by atoms with Crippen LogP contribution in [0.3, 0.4) is 0 Å². The third-order valence-electron chi connectivity index (χ3n) is 3.15. The number of rotatable bonds is 5. The molecule has 0 aliphatic rings. The van der Waals surface area contributed by atoms with Gasteiger partial charge in [-0.25, -0.2) is 8.42 Å². The summed E-state index contributed by atoms with van der Waals surface area (Å²) in [7, 11) is -2.65. The molecule has 0 aromatic heterocycles. The third kappa shape index (κ3) is 3.44. The highest BCUT2D eigenvalue weighted by Gasteiger charge is 2.35. The first-order chi connectivity index (χ1) is 9.09. The van der Waals surface area contributed by atoms with Gasteiger partial charge >= 0.3 is 5.97 Å². The normalized spacial score (nSPS) is 15.1. The topological polar surface area (TPSA) is 74.7 Å². The number of halogens is 2. The average Bonchev–Trinajstić information content (AvgIpc) is 2.35. The maximum absolute atomic E-state index is 12.1.